The Morgan fingerprint density at radius 1 is 1.27 bits per heavy atom. The van der Waals surface area contributed by atoms with E-state index >= 15 is 0 Å². The number of nitrogens with zero attached hydrogens (tertiary/aromatic N) is 1. The van der Waals surface area contributed by atoms with Gasteiger partial charge in [0.05, 0.1) is 0 Å². The molecule has 0 spiro atoms. The van der Waals surface area contributed by atoms with E-state index in [1.54, 1.807) is 0 Å². The normalized spacial score (nSPS) is 34.1. The highest BCUT2D eigenvalue weighted by atomic mass is 79.9. The van der Waals surface area contributed by atoms with Crippen LogP contribution in [0.15, 0.2) is 0 Å². The third-order valence-electron chi connectivity index (χ3n) is 2.96. The van der Waals surface area contributed by atoms with E-state index in [-0.39, 0.29) is 0 Å². The van der Waals surface area contributed by atoms with Crippen molar-refractivity contribution in [3.8, 4) is 0 Å². The molecule has 2 fully saturated rings. The summed E-state index contributed by atoms with van der Waals surface area (Å²) in [5.41, 5.74) is 0. The van der Waals surface area contributed by atoms with Crippen molar-refractivity contribution in [2.45, 2.75) is 30.5 Å². The standard InChI is InChI=1S/C9H16BrN/c10-9-4-5-11(7-9)6-8-2-1-3-8/h8-9H,1-7H2. The van der Waals surface area contributed by atoms with Crippen molar-refractivity contribution in [3.05, 3.63) is 0 Å². The third-order valence-corrected chi connectivity index (χ3v) is 3.70. The smallest absolute Gasteiger partial charge is 0.0285 e. The molecule has 0 aromatic heterocycles. The number of hydrogen-bond acceptors (Lipinski definition) is 1. The van der Waals surface area contributed by atoms with Gasteiger partial charge in [-0.2, -0.15) is 0 Å². The Balaban J connectivity index is 1.70. The monoisotopic (exact) mass is 217 g/mol. The van der Waals surface area contributed by atoms with Crippen molar-refractivity contribution >= 4 is 15.9 Å². The fourth-order valence-electron chi connectivity index (χ4n) is 1.99. The zero-order chi connectivity index (χ0) is 7.68. The topological polar surface area (TPSA) is 3.24 Å². The van der Waals surface area contributed by atoms with Crippen LogP contribution in [0.1, 0.15) is 25.7 Å². The molecule has 2 heteroatoms. The van der Waals surface area contributed by atoms with Gasteiger partial charge in [0.2, 0.25) is 0 Å². The summed E-state index contributed by atoms with van der Waals surface area (Å²) in [6, 6.07) is 0. The number of likely N-dealkylation sites (tertiary alicyclic amines) is 1. The van der Waals surface area contributed by atoms with Crippen molar-refractivity contribution in [3.63, 3.8) is 0 Å². The lowest BCUT2D eigenvalue weighted by molar-refractivity contribution is 0.206. The Bertz CT molecular complexity index is 134. The Morgan fingerprint density at radius 3 is 2.55 bits per heavy atom. The molecule has 2 rings (SSSR count). The molecule has 2 aliphatic rings. The summed E-state index contributed by atoms with van der Waals surface area (Å²) in [5.74, 6) is 1.05. The average molecular weight is 218 g/mol. The van der Waals surface area contributed by atoms with E-state index in [9.17, 15) is 0 Å². The van der Waals surface area contributed by atoms with Crippen LogP contribution < -0.4 is 0 Å². The maximum Gasteiger partial charge on any atom is 0.0285 e. The zero-order valence-electron chi connectivity index (χ0n) is 6.93. The molecule has 0 aromatic carbocycles. The molecule has 1 aliphatic heterocycles. The Hall–Kier alpha value is 0.440. The van der Waals surface area contributed by atoms with Crippen LogP contribution in [0.5, 0.6) is 0 Å². The van der Waals surface area contributed by atoms with E-state index in [0.717, 1.165) is 10.7 Å². The predicted molar refractivity (Wildman–Crippen MR) is 51.1 cm³/mol. The molecule has 0 amide bonds. The highest BCUT2D eigenvalue weighted by molar-refractivity contribution is 9.09. The van der Waals surface area contributed by atoms with Crippen molar-refractivity contribution in [2.75, 3.05) is 19.6 Å². The van der Waals surface area contributed by atoms with Crippen LogP contribution in [0, 0.1) is 5.92 Å². The summed E-state index contributed by atoms with van der Waals surface area (Å²) in [5, 5.41) is 0. The van der Waals surface area contributed by atoms with Crippen LogP contribution in [-0.2, 0) is 0 Å². The molecule has 1 aliphatic carbocycles. The maximum absolute atomic E-state index is 3.67. The van der Waals surface area contributed by atoms with Crippen LogP contribution in [0.25, 0.3) is 0 Å². The molecule has 0 aromatic rings. The first kappa shape index (κ1) is 8.06. The summed E-state index contributed by atoms with van der Waals surface area (Å²) < 4.78 is 0. The van der Waals surface area contributed by atoms with Gasteiger partial charge in [0.25, 0.3) is 0 Å². The summed E-state index contributed by atoms with van der Waals surface area (Å²) in [4.78, 5) is 3.39. The quantitative estimate of drug-likeness (QED) is 0.642. The number of hydrogen-bond donors (Lipinski definition) is 0. The van der Waals surface area contributed by atoms with E-state index in [4.69, 9.17) is 0 Å². The summed E-state index contributed by atoms with van der Waals surface area (Å²) in [7, 11) is 0. The SMILES string of the molecule is BrC1CCN(CC2CCC2)C1. The molecular weight excluding hydrogens is 202 g/mol. The van der Waals surface area contributed by atoms with Crippen LogP contribution in [-0.4, -0.2) is 29.4 Å². The molecule has 1 unspecified atom stereocenters. The summed E-state index contributed by atoms with van der Waals surface area (Å²) >= 11 is 3.67. The first-order valence-electron chi connectivity index (χ1n) is 4.71. The number of alkyl halides is 1. The summed E-state index contributed by atoms with van der Waals surface area (Å²) in [6.07, 6.45) is 5.82. The maximum atomic E-state index is 3.67. The van der Waals surface area contributed by atoms with Gasteiger partial charge >= 0.3 is 0 Å². The Morgan fingerprint density at radius 2 is 2.09 bits per heavy atom. The lowest BCUT2D eigenvalue weighted by atomic mass is 9.85. The molecule has 1 heterocycles. The fourth-order valence-corrected chi connectivity index (χ4v) is 2.61. The molecule has 1 atom stereocenters. The highest BCUT2D eigenvalue weighted by Gasteiger charge is 2.25. The lowest BCUT2D eigenvalue weighted by Crippen LogP contribution is -2.30. The second-order valence-electron chi connectivity index (χ2n) is 3.94. The first-order valence-corrected chi connectivity index (χ1v) is 5.62. The van der Waals surface area contributed by atoms with Crippen molar-refractivity contribution in [2.24, 2.45) is 5.92 Å². The minimum atomic E-state index is 0.780. The second-order valence-corrected chi connectivity index (χ2v) is 5.24. The van der Waals surface area contributed by atoms with Crippen molar-refractivity contribution < 1.29 is 0 Å². The largest absolute Gasteiger partial charge is 0.302 e. The van der Waals surface area contributed by atoms with Gasteiger partial charge in [-0.3, -0.25) is 0 Å². The molecule has 1 nitrogen and oxygen atoms in total. The lowest BCUT2D eigenvalue weighted by Gasteiger charge is -2.29. The van der Waals surface area contributed by atoms with Crippen LogP contribution >= 0.6 is 15.9 Å². The minimum Gasteiger partial charge on any atom is -0.302 e. The van der Waals surface area contributed by atoms with E-state index < -0.39 is 0 Å². The van der Waals surface area contributed by atoms with Gasteiger partial charge in [-0.1, -0.05) is 22.4 Å². The van der Waals surface area contributed by atoms with Crippen molar-refractivity contribution in [1.29, 1.82) is 0 Å². The highest BCUT2D eigenvalue weighted by Crippen LogP contribution is 2.28. The van der Waals surface area contributed by atoms with Gasteiger partial charge in [0.1, 0.15) is 0 Å². The summed E-state index contributed by atoms with van der Waals surface area (Å²) in [6.45, 7) is 3.99. The van der Waals surface area contributed by atoms with Gasteiger partial charge in [0.15, 0.2) is 0 Å². The van der Waals surface area contributed by atoms with Gasteiger partial charge < -0.3 is 4.90 Å². The zero-order valence-corrected chi connectivity index (χ0v) is 8.52. The minimum absolute atomic E-state index is 0.780. The Kier molecular flexibility index (Phi) is 2.52. The molecule has 64 valence electrons. The molecule has 11 heavy (non-hydrogen) atoms. The van der Waals surface area contributed by atoms with Crippen LogP contribution in [0.4, 0.5) is 0 Å². The fraction of sp³-hybridized carbons (Fsp3) is 1.00. The van der Waals surface area contributed by atoms with E-state index in [1.807, 2.05) is 0 Å². The predicted octanol–water partition coefficient (Wildman–Crippen LogP) is 2.26. The molecular formula is C9H16BrN. The first-order chi connectivity index (χ1) is 5.34. The van der Waals surface area contributed by atoms with E-state index in [0.29, 0.717) is 0 Å². The average Bonchev–Trinajstić information content (AvgIpc) is 2.27. The Labute approximate surface area is 77.3 Å². The van der Waals surface area contributed by atoms with Gasteiger partial charge in [-0.15, -0.1) is 0 Å². The second kappa shape index (κ2) is 3.44. The van der Waals surface area contributed by atoms with E-state index in [2.05, 4.69) is 20.8 Å². The molecule has 1 saturated carbocycles. The van der Waals surface area contributed by atoms with Crippen molar-refractivity contribution in [1.82, 2.24) is 4.90 Å². The molecule has 0 bridgehead atoms. The van der Waals surface area contributed by atoms with Crippen LogP contribution in [0.2, 0.25) is 0 Å². The molecule has 1 saturated heterocycles. The number of rotatable bonds is 2. The molecule has 0 radical (unpaired) electrons. The third kappa shape index (κ3) is 1.97. The van der Waals surface area contributed by atoms with Gasteiger partial charge in [0, 0.05) is 17.9 Å². The van der Waals surface area contributed by atoms with Gasteiger partial charge in [-0.25, -0.2) is 0 Å². The molecule has 0 N–H and O–H groups in total. The number of halogens is 1. The van der Waals surface area contributed by atoms with Crippen LogP contribution in [0.3, 0.4) is 0 Å². The van der Waals surface area contributed by atoms with Gasteiger partial charge in [-0.05, 0) is 31.7 Å². The van der Waals surface area contributed by atoms with E-state index in [1.165, 1.54) is 45.3 Å².